The van der Waals surface area contributed by atoms with Gasteiger partial charge in [0.05, 0.1) is 19.6 Å². The average Bonchev–Trinajstić information content (AvgIpc) is 3.60. The largest absolute Gasteiger partial charge is 0.493 e. The maximum Gasteiger partial charge on any atom is 0.308 e. The van der Waals surface area contributed by atoms with E-state index in [-0.39, 0.29) is 24.8 Å². The van der Waals surface area contributed by atoms with E-state index in [4.69, 9.17) is 14.2 Å². The lowest BCUT2D eigenvalue weighted by molar-refractivity contribution is -0.144. The summed E-state index contributed by atoms with van der Waals surface area (Å²) in [7, 11) is 5.63. The number of pyridine rings is 1. The van der Waals surface area contributed by atoms with E-state index in [0.29, 0.717) is 49.8 Å². The summed E-state index contributed by atoms with van der Waals surface area (Å²) in [6.45, 7) is 5.34. The highest BCUT2D eigenvalue weighted by Gasteiger charge is 2.47. The number of aryl methyl sites for hydroxylation is 1. The molecule has 3 atom stereocenters. The highest BCUT2D eigenvalue weighted by Crippen LogP contribution is 2.47. The lowest BCUT2D eigenvalue weighted by atomic mass is 9.84. The Labute approximate surface area is 253 Å². The quantitative estimate of drug-likeness (QED) is 0.291. The van der Waals surface area contributed by atoms with E-state index in [9.17, 15) is 19.5 Å². The number of nitrogens with zero attached hydrogens (tertiary/aromatic N) is 4. The Hall–Kier alpha value is -3.57. The lowest BCUT2D eigenvalue weighted by Gasteiger charge is -2.30. The molecule has 3 heterocycles. The van der Waals surface area contributed by atoms with E-state index in [1.165, 1.54) is 6.07 Å². The number of fused-ring (bicyclic) bond motifs is 1. The topological polar surface area (TPSA) is 114 Å². The van der Waals surface area contributed by atoms with Gasteiger partial charge in [0.15, 0.2) is 11.5 Å². The Kier molecular flexibility index (Phi) is 11.5. The van der Waals surface area contributed by atoms with Crippen LogP contribution in [0.15, 0.2) is 41.3 Å². The number of amides is 1. The predicted molar refractivity (Wildman–Crippen MR) is 163 cm³/mol. The minimum atomic E-state index is -0.937. The molecule has 1 aromatic carbocycles. The van der Waals surface area contributed by atoms with E-state index in [2.05, 4.69) is 11.8 Å². The normalized spacial score (nSPS) is 19.6. The van der Waals surface area contributed by atoms with Crippen molar-refractivity contribution in [3.8, 4) is 17.2 Å². The number of hydrogen-bond acceptors (Lipinski definition) is 8. The van der Waals surface area contributed by atoms with Gasteiger partial charge in [-0.25, -0.2) is 0 Å². The average molecular weight is 599 g/mol. The molecule has 0 spiro atoms. The van der Waals surface area contributed by atoms with Crippen LogP contribution in [-0.4, -0.2) is 103 Å². The van der Waals surface area contributed by atoms with Crippen molar-refractivity contribution in [2.75, 3.05) is 60.7 Å². The van der Waals surface area contributed by atoms with Gasteiger partial charge < -0.3 is 33.7 Å². The van der Waals surface area contributed by atoms with Gasteiger partial charge in [0.25, 0.3) is 0 Å². The molecule has 1 fully saturated rings. The SMILES string of the molecule is CCCCN(CCCCN(C)C)C(=O)CN1CC(c2cc(OC)c3c(c2)OCO3)C(C(=O)O)C1CCn1ccccc1=O. The van der Waals surface area contributed by atoms with Crippen molar-refractivity contribution in [1.82, 2.24) is 19.3 Å². The number of aromatic nitrogens is 1. The molecule has 3 unspecified atom stereocenters. The van der Waals surface area contributed by atoms with E-state index >= 15 is 0 Å². The zero-order chi connectivity index (χ0) is 30.9. The second-order valence-corrected chi connectivity index (χ2v) is 11.7. The van der Waals surface area contributed by atoms with E-state index in [0.717, 1.165) is 37.8 Å². The van der Waals surface area contributed by atoms with Gasteiger partial charge in [0.1, 0.15) is 0 Å². The molecule has 0 bridgehead atoms. The highest BCUT2D eigenvalue weighted by molar-refractivity contribution is 5.79. The van der Waals surface area contributed by atoms with Crippen molar-refractivity contribution in [3.05, 3.63) is 52.4 Å². The van der Waals surface area contributed by atoms with Crippen molar-refractivity contribution in [3.63, 3.8) is 0 Å². The van der Waals surface area contributed by atoms with Crippen LogP contribution in [-0.2, 0) is 16.1 Å². The molecule has 11 heteroatoms. The number of carbonyl (C=O) groups excluding carboxylic acids is 1. The van der Waals surface area contributed by atoms with Crippen LogP contribution in [0, 0.1) is 5.92 Å². The first-order valence-electron chi connectivity index (χ1n) is 15.3. The van der Waals surface area contributed by atoms with Crippen LogP contribution in [0.4, 0.5) is 0 Å². The van der Waals surface area contributed by atoms with Gasteiger partial charge in [-0.1, -0.05) is 19.4 Å². The first-order chi connectivity index (χ1) is 20.7. The number of unbranched alkanes of at least 4 members (excludes halogenated alkanes) is 2. The van der Waals surface area contributed by atoms with E-state index in [1.54, 1.807) is 30.0 Å². The summed E-state index contributed by atoms with van der Waals surface area (Å²) in [5, 5.41) is 10.6. The molecule has 0 radical (unpaired) electrons. The van der Waals surface area contributed by atoms with Gasteiger partial charge in [-0.3, -0.25) is 19.3 Å². The number of likely N-dealkylation sites (tertiary alicyclic amines) is 1. The molecule has 236 valence electrons. The Morgan fingerprint density at radius 1 is 1.09 bits per heavy atom. The third-order valence-electron chi connectivity index (χ3n) is 8.46. The summed E-state index contributed by atoms with van der Waals surface area (Å²) in [4.78, 5) is 45.2. The van der Waals surface area contributed by atoms with Gasteiger partial charge in [-0.2, -0.15) is 0 Å². The molecule has 1 amide bonds. The number of rotatable bonds is 16. The molecule has 0 aliphatic carbocycles. The van der Waals surface area contributed by atoms with Crippen LogP contribution in [0.5, 0.6) is 17.2 Å². The Bertz CT molecular complexity index is 1300. The number of hydrogen-bond donors (Lipinski definition) is 1. The minimum Gasteiger partial charge on any atom is -0.493 e. The zero-order valence-electron chi connectivity index (χ0n) is 25.9. The molecule has 1 N–H and O–H groups in total. The van der Waals surface area contributed by atoms with Gasteiger partial charge in [0, 0.05) is 50.4 Å². The molecule has 1 saturated heterocycles. The molecule has 4 rings (SSSR count). The van der Waals surface area contributed by atoms with Crippen molar-refractivity contribution in [2.45, 2.75) is 57.5 Å². The smallest absolute Gasteiger partial charge is 0.308 e. The first-order valence-corrected chi connectivity index (χ1v) is 15.3. The van der Waals surface area contributed by atoms with Crippen LogP contribution < -0.4 is 19.8 Å². The van der Waals surface area contributed by atoms with E-state index < -0.39 is 23.8 Å². The second kappa shape index (κ2) is 15.2. The second-order valence-electron chi connectivity index (χ2n) is 11.7. The molecule has 0 saturated carbocycles. The van der Waals surface area contributed by atoms with Gasteiger partial charge in [-0.15, -0.1) is 0 Å². The zero-order valence-corrected chi connectivity index (χ0v) is 25.9. The summed E-state index contributed by atoms with van der Waals surface area (Å²) < 4.78 is 18.3. The molecular formula is C32H46N4O7. The number of carboxylic acid groups (broad SMARTS) is 1. The maximum atomic E-state index is 13.8. The summed E-state index contributed by atoms with van der Waals surface area (Å²) in [5.74, 6) is -0.647. The first kappa shape index (κ1) is 32.3. The molecule has 2 aliphatic heterocycles. The number of benzene rings is 1. The number of carbonyl (C=O) groups is 2. The van der Waals surface area contributed by atoms with Crippen LogP contribution >= 0.6 is 0 Å². The minimum absolute atomic E-state index is 0.00763. The highest BCUT2D eigenvalue weighted by atomic mass is 16.7. The monoisotopic (exact) mass is 598 g/mol. The van der Waals surface area contributed by atoms with Gasteiger partial charge in [0.2, 0.25) is 24.0 Å². The van der Waals surface area contributed by atoms with E-state index in [1.807, 2.05) is 36.0 Å². The molecule has 1 aromatic heterocycles. The summed E-state index contributed by atoms with van der Waals surface area (Å²) in [6, 6.07) is 8.15. The summed E-state index contributed by atoms with van der Waals surface area (Å²) in [5.41, 5.74) is 0.618. The summed E-state index contributed by atoms with van der Waals surface area (Å²) in [6.07, 6.45) is 5.92. The molecule has 11 nitrogen and oxygen atoms in total. The van der Waals surface area contributed by atoms with Crippen molar-refractivity contribution >= 4 is 11.9 Å². The molecule has 2 aromatic rings. The van der Waals surface area contributed by atoms with Crippen molar-refractivity contribution < 1.29 is 28.9 Å². The lowest BCUT2D eigenvalue weighted by Crippen LogP contribution is -2.45. The van der Waals surface area contributed by atoms with Crippen LogP contribution in [0.2, 0.25) is 0 Å². The Morgan fingerprint density at radius 3 is 2.56 bits per heavy atom. The van der Waals surface area contributed by atoms with Crippen molar-refractivity contribution in [2.24, 2.45) is 5.92 Å². The molecule has 2 aliphatic rings. The fraction of sp³-hybridized carbons (Fsp3) is 0.594. The standard InChI is InChI=1S/C32H46N4O7/c1-5-6-14-34(16-10-9-13-33(2)3)29(38)21-36-20-24(23-18-26(41-4)31-27(19-23)42-22-43-31)30(32(39)40)25(36)12-17-35-15-8-7-11-28(35)37/h7-8,11,15,18-19,24-25,30H,5-6,9-10,12-14,16-17,20-22H2,1-4H3,(H,39,40). The van der Waals surface area contributed by atoms with Crippen LogP contribution in [0.1, 0.15) is 50.5 Å². The number of ether oxygens (including phenoxy) is 3. The molecule has 43 heavy (non-hydrogen) atoms. The predicted octanol–water partition coefficient (Wildman–Crippen LogP) is 3.12. The van der Waals surface area contributed by atoms with Gasteiger partial charge >= 0.3 is 5.97 Å². The number of methoxy groups -OCH3 is 1. The third kappa shape index (κ3) is 8.08. The fourth-order valence-corrected chi connectivity index (χ4v) is 6.19. The van der Waals surface area contributed by atoms with Crippen molar-refractivity contribution in [1.29, 1.82) is 0 Å². The summed E-state index contributed by atoms with van der Waals surface area (Å²) >= 11 is 0. The number of aliphatic carboxylic acids is 1. The van der Waals surface area contributed by atoms with Crippen LogP contribution in [0.3, 0.4) is 0 Å². The fourth-order valence-electron chi connectivity index (χ4n) is 6.19. The van der Waals surface area contributed by atoms with Gasteiger partial charge in [-0.05, 0) is 70.1 Å². The molecular weight excluding hydrogens is 552 g/mol. The Balaban J connectivity index is 1.61. The van der Waals surface area contributed by atoms with Crippen LogP contribution in [0.25, 0.3) is 0 Å². The Morgan fingerprint density at radius 2 is 1.86 bits per heavy atom. The number of carboxylic acids is 1. The maximum absolute atomic E-state index is 13.8. The third-order valence-corrected chi connectivity index (χ3v) is 8.46.